The first kappa shape index (κ1) is 28.2. The van der Waals surface area contributed by atoms with Gasteiger partial charge in [0, 0.05) is 23.2 Å². The van der Waals surface area contributed by atoms with Crippen LogP contribution in [0.3, 0.4) is 0 Å². The lowest BCUT2D eigenvalue weighted by molar-refractivity contribution is -0.116. The summed E-state index contributed by atoms with van der Waals surface area (Å²) in [6.45, 7) is 1.29. The number of nitrogens with one attached hydrogen (secondary N) is 1. The molecule has 0 saturated heterocycles. The fourth-order valence-electron chi connectivity index (χ4n) is 3.49. The lowest BCUT2D eigenvalue weighted by Crippen LogP contribution is -2.37. The van der Waals surface area contributed by atoms with Crippen LogP contribution in [0.4, 0.5) is 5.69 Å². The van der Waals surface area contributed by atoms with E-state index in [9.17, 15) is 18.0 Å². The molecule has 37 heavy (non-hydrogen) atoms. The van der Waals surface area contributed by atoms with Crippen LogP contribution in [0.2, 0.25) is 0 Å². The van der Waals surface area contributed by atoms with Gasteiger partial charge in [-0.1, -0.05) is 45.8 Å². The standard InChI is InChI=1S/C26H27BrN2O7S/c1-17-5-11-20(12-6-17)37(32,33)29(15-18-7-9-19(27)10-8-18)16-25(30)28-22-14-24(35-3)23(34-2)13-21(22)26(31)36-4/h5-14H,15-16H2,1-4H3,(H,28,30). The number of carbonyl (C=O) groups is 2. The molecule has 9 nitrogen and oxygen atoms in total. The van der Waals surface area contributed by atoms with E-state index in [0.29, 0.717) is 5.56 Å². The van der Waals surface area contributed by atoms with Crippen LogP contribution in [0.1, 0.15) is 21.5 Å². The van der Waals surface area contributed by atoms with Gasteiger partial charge in [-0.2, -0.15) is 4.31 Å². The summed E-state index contributed by atoms with van der Waals surface area (Å²) in [4.78, 5) is 25.6. The third-order valence-corrected chi connectivity index (χ3v) is 7.79. The number of carbonyl (C=O) groups excluding carboxylic acids is 2. The SMILES string of the molecule is COC(=O)c1cc(OC)c(OC)cc1NC(=O)CN(Cc1ccc(Br)cc1)S(=O)(=O)c1ccc(C)cc1. The zero-order valence-electron chi connectivity index (χ0n) is 20.8. The van der Waals surface area contributed by atoms with Crippen LogP contribution in [0, 0.1) is 6.92 Å². The van der Waals surface area contributed by atoms with Crippen molar-refractivity contribution in [1.82, 2.24) is 4.31 Å². The second-order valence-corrected chi connectivity index (χ2v) is 10.9. The molecule has 3 rings (SSSR count). The van der Waals surface area contributed by atoms with Crippen LogP contribution in [0.15, 0.2) is 70.0 Å². The maximum Gasteiger partial charge on any atom is 0.340 e. The normalized spacial score (nSPS) is 11.2. The van der Waals surface area contributed by atoms with Gasteiger partial charge in [-0.25, -0.2) is 13.2 Å². The first-order valence-electron chi connectivity index (χ1n) is 11.0. The lowest BCUT2D eigenvalue weighted by Gasteiger charge is -2.23. The summed E-state index contributed by atoms with van der Waals surface area (Å²) < 4.78 is 44.3. The molecular formula is C26H27BrN2O7S. The van der Waals surface area contributed by atoms with E-state index < -0.39 is 28.4 Å². The number of nitrogens with zero attached hydrogens (tertiary/aromatic N) is 1. The number of methoxy groups -OCH3 is 3. The smallest absolute Gasteiger partial charge is 0.340 e. The van der Waals surface area contributed by atoms with Crippen LogP contribution in [0.5, 0.6) is 11.5 Å². The number of halogens is 1. The van der Waals surface area contributed by atoms with Crippen LogP contribution in [-0.4, -0.2) is 52.5 Å². The van der Waals surface area contributed by atoms with E-state index in [1.807, 2.05) is 6.92 Å². The Hall–Kier alpha value is -3.41. The number of amides is 1. The zero-order chi connectivity index (χ0) is 27.2. The number of hydrogen-bond donors (Lipinski definition) is 1. The summed E-state index contributed by atoms with van der Waals surface area (Å²) >= 11 is 3.37. The minimum atomic E-state index is -4.04. The van der Waals surface area contributed by atoms with Crippen molar-refractivity contribution in [2.24, 2.45) is 0 Å². The van der Waals surface area contributed by atoms with Crippen molar-refractivity contribution >= 4 is 43.5 Å². The fourth-order valence-corrected chi connectivity index (χ4v) is 5.14. The maximum absolute atomic E-state index is 13.5. The van der Waals surface area contributed by atoms with Gasteiger partial charge in [-0.3, -0.25) is 4.79 Å². The molecule has 11 heteroatoms. The minimum Gasteiger partial charge on any atom is -0.493 e. The fraction of sp³-hybridized carbons (Fsp3) is 0.231. The summed E-state index contributed by atoms with van der Waals surface area (Å²) in [6.07, 6.45) is 0. The molecule has 0 fully saturated rings. The Balaban J connectivity index is 1.96. The van der Waals surface area contributed by atoms with Gasteiger partial charge in [0.1, 0.15) is 0 Å². The van der Waals surface area contributed by atoms with Gasteiger partial charge < -0.3 is 19.5 Å². The highest BCUT2D eigenvalue weighted by atomic mass is 79.9. The number of anilines is 1. The summed E-state index contributed by atoms with van der Waals surface area (Å²) in [5.41, 5.74) is 1.70. The van der Waals surface area contributed by atoms with Crippen molar-refractivity contribution in [3.05, 3.63) is 81.8 Å². The Bertz CT molecular complexity index is 1380. The molecule has 196 valence electrons. The van der Waals surface area contributed by atoms with Gasteiger partial charge in [0.15, 0.2) is 11.5 Å². The Morgan fingerprint density at radius 1 is 0.919 bits per heavy atom. The molecule has 0 atom stereocenters. The predicted molar refractivity (Wildman–Crippen MR) is 142 cm³/mol. The number of sulfonamides is 1. The molecule has 1 amide bonds. The third kappa shape index (κ3) is 6.88. The monoisotopic (exact) mass is 590 g/mol. The molecule has 3 aromatic rings. The quantitative estimate of drug-likeness (QED) is 0.348. The van der Waals surface area contributed by atoms with Gasteiger partial charge in [-0.15, -0.1) is 0 Å². The van der Waals surface area contributed by atoms with Crippen molar-refractivity contribution in [2.75, 3.05) is 33.2 Å². The Labute approximate surface area is 224 Å². The zero-order valence-corrected chi connectivity index (χ0v) is 23.2. The van der Waals surface area contributed by atoms with Crippen LogP contribution in [0.25, 0.3) is 0 Å². The molecule has 0 aliphatic carbocycles. The maximum atomic E-state index is 13.5. The predicted octanol–water partition coefficient (Wildman–Crippen LogP) is 4.39. The molecule has 1 N–H and O–H groups in total. The van der Waals surface area contributed by atoms with E-state index >= 15 is 0 Å². The molecule has 0 spiro atoms. The summed E-state index contributed by atoms with van der Waals surface area (Å²) in [7, 11) is -0.0147. The summed E-state index contributed by atoms with van der Waals surface area (Å²) in [5.74, 6) is -0.843. The second-order valence-electron chi connectivity index (χ2n) is 8.01. The molecule has 0 aliphatic rings. The number of esters is 1. The van der Waals surface area contributed by atoms with Crippen molar-refractivity contribution < 1.29 is 32.2 Å². The molecule has 0 aromatic heterocycles. The largest absolute Gasteiger partial charge is 0.493 e. The Morgan fingerprint density at radius 3 is 2.08 bits per heavy atom. The second kappa shape index (κ2) is 12.2. The topological polar surface area (TPSA) is 111 Å². The average molecular weight is 591 g/mol. The number of hydrogen-bond acceptors (Lipinski definition) is 7. The number of ether oxygens (including phenoxy) is 3. The molecule has 0 aliphatic heterocycles. The lowest BCUT2D eigenvalue weighted by atomic mass is 10.1. The highest BCUT2D eigenvalue weighted by Gasteiger charge is 2.28. The van der Waals surface area contributed by atoms with Crippen LogP contribution >= 0.6 is 15.9 Å². The summed E-state index contributed by atoms with van der Waals surface area (Å²) in [6, 6.07) is 16.3. The van der Waals surface area contributed by atoms with Gasteiger partial charge >= 0.3 is 5.97 Å². The van der Waals surface area contributed by atoms with Gasteiger partial charge in [0.05, 0.1) is 44.0 Å². The molecular weight excluding hydrogens is 564 g/mol. The van der Waals surface area contributed by atoms with E-state index in [2.05, 4.69) is 21.2 Å². The first-order chi connectivity index (χ1) is 17.6. The highest BCUT2D eigenvalue weighted by molar-refractivity contribution is 9.10. The van der Waals surface area contributed by atoms with E-state index in [1.54, 1.807) is 36.4 Å². The average Bonchev–Trinajstić information content (AvgIpc) is 2.89. The molecule has 0 unspecified atom stereocenters. The summed E-state index contributed by atoms with van der Waals surface area (Å²) in [5, 5.41) is 2.62. The van der Waals surface area contributed by atoms with E-state index in [4.69, 9.17) is 14.2 Å². The highest BCUT2D eigenvalue weighted by Crippen LogP contribution is 2.34. The molecule has 3 aromatic carbocycles. The minimum absolute atomic E-state index is 0.0225. The molecule has 0 saturated carbocycles. The van der Waals surface area contributed by atoms with Crippen molar-refractivity contribution in [2.45, 2.75) is 18.4 Å². The van der Waals surface area contributed by atoms with Crippen molar-refractivity contribution in [3.8, 4) is 11.5 Å². The van der Waals surface area contributed by atoms with Gasteiger partial charge in [0.2, 0.25) is 15.9 Å². The number of aryl methyl sites for hydroxylation is 1. The van der Waals surface area contributed by atoms with E-state index in [1.165, 1.54) is 45.6 Å². The van der Waals surface area contributed by atoms with Crippen molar-refractivity contribution in [3.63, 3.8) is 0 Å². The number of benzene rings is 3. The number of rotatable bonds is 10. The Morgan fingerprint density at radius 2 is 1.51 bits per heavy atom. The van der Waals surface area contributed by atoms with Crippen molar-refractivity contribution in [1.29, 1.82) is 0 Å². The molecule has 0 bridgehead atoms. The van der Waals surface area contributed by atoms with Gasteiger partial charge in [0.25, 0.3) is 0 Å². The van der Waals surface area contributed by atoms with Crippen LogP contribution in [-0.2, 0) is 26.1 Å². The first-order valence-corrected chi connectivity index (χ1v) is 13.3. The van der Waals surface area contributed by atoms with E-state index in [0.717, 1.165) is 14.3 Å². The van der Waals surface area contributed by atoms with E-state index in [-0.39, 0.29) is 34.2 Å². The molecule has 0 heterocycles. The van der Waals surface area contributed by atoms with Crippen LogP contribution < -0.4 is 14.8 Å². The molecule has 0 radical (unpaired) electrons. The van der Waals surface area contributed by atoms with Gasteiger partial charge in [-0.05, 0) is 36.8 Å². The third-order valence-electron chi connectivity index (χ3n) is 5.45. The Kier molecular flexibility index (Phi) is 9.30.